The summed E-state index contributed by atoms with van der Waals surface area (Å²) in [5.74, 6) is -0.0189. The molecule has 38 heavy (non-hydrogen) atoms. The van der Waals surface area contributed by atoms with E-state index in [0.717, 1.165) is 24.0 Å². The van der Waals surface area contributed by atoms with Crippen molar-refractivity contribution in [2.45, 2.75) is 53.0 Å². The van der Waals surface area contributed by atoms with E-state index in [1.54, 1.807) is 48.6 Å². The van der Waals surface area contributed by atoms with Crippen LogP contribution in [0.15, 0.2) is 67.0 Å². The highest BCUT2D eigenvalue weighted by atomic mass is 35.5. The lowest BCUT2D eigenvalue weighted by Gasteiger charge is -2.36. The second kappa shape index (κ2) is 16.0. The number of carbonyl (C=O) groups is 2. The SMILES string of the molecule is CC.CCC.CN(C(=O)Nc1ccc(-c2ccc(Cl)cc2Cl)cc1)C1CCN(C(=O)c2cccnc2)CC1. The highest BCUT2D eigenvalue weighted by molar-refractivity contribution is 6.36. The zero-order chi connectivity index (χ0) is 28.1. The zero-order valence-corrected chi connectivity index (χ0v) is 24.4. The molecule has 0 aliphatic carbocycles. The van der Waals surface area contributed by atoms with Crippen LogP contribution in [-0.4, -0.2) is 52.9 Å². The van der Waals surface area contributed by atoms with Crippen LogP contribution in [0.3, 0.4) is 0 Å². The Labute approximate surface area is 237 Å². The first kappa shape index (κ1) is 31.1. The summed E-state index contributed by atoms with van der Waals surface area (Å²) in [6.45, 7) is 9.46. The Morgan fingerprint density at radius 2 is 1.66 bits per heavy atom. The first-order valence-corrected chi connectivity index (χ1v) is 13.9. The van der Waals surface area contributed by atoms with Gasteiger partial charge in [0.25, 0.3) is 5.91 Å². The van der Waals surface area contributed by atoms with Crippen LogP contribution in [0, 0.1) is 0 Å². The number of benzene rings is 2. The molecule has 2 heterocycles. The van der Waals surface area contributed by atoms with Gasteiger partial charge < -0.3 is 15.1 Å². The Balaban J connectivity index is 0.000000947. The van der Waals surface area contributed by atoms with Gasteiger partial charge in [0.15, 0.2) is 0 Å². The van der Waals surface area contributed by atoms with Gasteiger partial charge in [0.05, 0.1) is 5.56 Å². The number of halogens is 2. The molecule has 1 aliphatic heterocycles. The summed E-state index contributed by atoms with van der Waals surface area (Å²) in [5, 5.41) is 4.11. The largest absolute Gasteiger partial charge is 0.338 e. The lowest BCUT2D eigenvalue weighted by Crippen LogP contribution is -2.48. The Kier molecular flexibility index (Phi) is 13.1. The van der Waals surface area contributed by atoms with E-state index in [9.17, 15) is 9.59 Å². The van der Waals surface area contributed by atoms with Crippen LogP contribution in [0.1, 0.15) is 57.3 Å². The predicted molar refractivity (Wildman–Crippen MR) is 159 cm³/mol. The highest BCUT2D eigenvalue weighted by Crippen LogP contribution is 2.31. The molecule has 0 radical (unpaired) electrons. The normalized spacial score (nSPS) is 12.9. The molecule has 0 atom stereocenters. The number of hydrogen-bond donors (Lipinski definition) is 1. The van der Waals surface area contributed by atoms with E-state index in [4.69, 9.17) is 23.2 Å². The molecule has 0 bridgehead atoms. The third-order valence-electron chi connectivity index (χ3n) is 5.91. The first-order valence-electron chi connectivity index (χ1n) is 13.1. The molecule has 3 amide bonds. The number of hydrogen-bond acceptors (Lipinski definition) is 3. The molecule has 4 rings (SSSR count). The minimum absolute atomic E-state index is 0.0189. The minimum atomic E-state index is -0.177. The fourth-order valence-corrected chi connectivity index (χ4v) is 4.48. The summed E-state index contributed by atoms with van der Waals surface area (Å²) in [7, 11) is 1.79. The molecule has 1 saturated heterocycles. The molecule has 0 unspecified atom stereocenters. The standard InChI is InChI=1S/C25H24Cl2N4O2.C3H8.C2H6/c1-30(21-10-13-31(14-11-21)24(32)18-3-2-12-28-16-18)25(33)29-20-7-4-17(5-8-20)22-9-6-19(26)15-23(22)27;1-3-2;1-2/h2-9,12,15-16,21H,10-11,13-14H2,1H3,(H,29,33);3H2,1-2H3;1-2H3. The van der Waals surface area contributed by atoms with E-state index >= 15 is 0 Å². The third kappa shape index (κ3) is 8.74. The van der Waals surface area contributed by atoms with Gasteiger partial charge in [-0.25, -0.2) is 4.79 Å². The number of rotatable bonds is 4. The van der Waals surface area contributed by atoms with E-state index in [0.29, 0.717) is 34.4 Å². The van der Waals surface area contributed by atoms with E-state index in [-0.39, 0.29) is 18.0 Å². The number of carbonyl (C=O) groups excluding carboxylic acids is 2. The Morgan fingerprint density at radius 1 is 1.03 bits per heavy atom. The minimum Gasteiger partial charge on any atom is -0.338 e. The Bertz CT molecular complexity index is 1150. The molecular formula is C30H38Cl2N4O2. The smallest absolute Gasteiger partial charge is 0.321 e. The molecule has 8 heteroatoms. The lowest BCUT2D eigenvalue weighted by atomic mass is 10.0. The number of nitrogens with zero attached hydrogens (tertiary/aromatic N) is 3. The van der Waals surface area contributed by atoms with E-state index < -0.39 is 0 Å². The molecular weight excluding hydrogens is 519 g/mol. The van der Waals surface area contributed by atoms with Crippen LogP contribution >= 0.6 is 23.2 Å². The van der Waals surface area contributed by atoms with Crippen molar-refractivity contribution in [2.24, 2.45) is 0 Å². The van der Waals surface area contributed by atoms with Crippen LogP contribution in [0.5, 0.6) is 0 Å². The van der Waals surface area contributed by atoms with Gasteiger partial charge in [0, 0.05) is 59.9 Å². The predicted octanol–water partition coefficient (Wildman–Crippen LogP) is 8.27. The number of likely N-dealkylation sites (tertiary alicyclic amines) is 1. The van der Waals surface area contributed by atoms with Crippen LogP contribution in [0.4, 0.5) is 10.5 Å². The van der Waals surface area contributed by atoms with Crippen molar-refractivity contribution in [3.05, 3.63) is 82.6 Å². The van der Waals surface area contributed by atoms with Crippen molar-refractivity contribution in [3.8, 4) is 11.1 Å². The van der Waals surface area contributed by atoms with Gasteiger partial charge in [-0.3, -0.25) is 9.78 Å². The number of nitrogens with one attached hydrogen (secondary N) is 1. The fourth-order valence-electron chi connectivity index (χ4n) is 3.96. The van der Waals surface area contributed by atoms with Gasteiger partial charge in [0.1, 0.15) is 0 Å². The molecule has 1 aromatic heterocycles. The number of pyridine rings is 1. The lowest BCUT2D eigenvalue weighted by molar-refractivity contribution is 0.0671. The van der Waals surface area contributed by atoms with Crippen LogP contribution in [0.25, 0.3) is 11.1 Å². The molecule has 1 aliphatic rings. The van der Waals surface area contributed by atoms with E-state index in [2.05, 4.69) is 24.1 Å². The van der Waals surface area contributed by atoms with Crippen LogP contribution in [-0.2, 0) is 0 Å². The van der Waals surface area contributed by atoms with E-state index in [1.807, 2.05) is 49.1 Å². The zero-order valence-electron chi connectivity index (χ0n) is 22.9. The topological polar surface area (TPSA) is 65.5 Å². The summed E-state index contributed by atoms with van der Waals surface area (Å²) in [6, 6.07) is 16.3. The van der Waals surface area contributed by atoms with Crippen molar-refractivity contribution in [2.75, 3.05) is 25.5 Å². The van der Waals surface area contributed by atoms with Gasteiger partial charge in [-0.05, 0) is 54.8 Å². The summed E-state index contributed by atoms with van der Waals surface area (Å²) < 4.78 is 0. The highest BCUT2D eigenvalue weighted by Gasteiger charge is 2.28. The maximum absolute atomic E-state index is 12.8. The van der Waals surface area contributed by atoms with Crippen LogP contribution in [0.2, 0.25) is 10.0 Å². The van der Waals surface area contributed by atoms with Crippen molar-refractivity contribution < 1.29 is 9.59 Å². The second-order valence-corrected chi connectivity index (χ2v) is 9.56. The average molecular weight is 558 g/mol. The monoisotopic (exact) mass is 556 g/mol. The van der Waals surface area contributed by atoms with E-state index in [1.165, 1.54) is 6.42 Å². The Hall–Kier alpha value is -3.09. The molecule has 1 N–H and O–H groups in total. The quantitative estimate of drug-likeness (QED) is 0.351. The summed E-state index contributed by atoms with van der Waals surface area (Å²) in [6.07, 6.45) is 5.94. The molecule has 6 nitrogen and oxygen atoms in total. The number of aromatic nitrogens is 1. The summed E-state index contributed by atoms with van der Waals surface area (Å²) in [4.78, 5) is 32.9. The first-order chi connectivity index (χ1) is 18.3. The molecule has 3 aromatic rings. The second-order valence-electron chi connectivity index (χ2n) is 8.71. The third-order valence-corrected chi connectivity index (χ3v) is 6.45. The number of amides is 3. The van der Waals surface area contributed by atoms with Crippen molar-refractivity contribution in [3.63, 3.8) is 0 Å². The van der Waals surface area contributed by atoms with Crippen molar-refractivity contribution in [1.82, 2.24) is 14.8 Å². The maximum atomic E-state index is 12.8. The molecule has 0 saturated carbocycles. The maximum Gasteiger partial charge on any atom is 0.321 e. The number of anilines is 1. The van der Waals surface area contributed by atoms with Gasteiger partial charge in [-0.2, -0.15) is 0 Å². The van der Waals surface area contributed by atoms with Crippen molar-refractivity contribution in [1.29, 1.82) is 0 Å². The molecule has 2 aromatic carbocycles. The van der Waals surface area contributed by atoms with Gasteiger partial charge in [-0.1, -0.05) is 75.5 Å². The Morgan fingerprint density at radius 3 is 2.21 bits per heavy atom. The van der Waals surface area contributed by atoms with Gasteiger partial charge in [-0.15, -0.1) is 0 Å². The molecule has 1 fully saturated rings. The average Bonchev–Trinajstić information content (AvgIpc) is 2.95. The fraction of sp³-hybridized carbons (Fsp3) is 0.367. The molecule has 0 spiro atoms. The molecule has 204 valence electrons. The van der Waals surface area contributed by atoms with Gasteiger partial charge >= 0.3 is 6.03 Å². The van der Waals surface area contributed by atoms with Crippen LogP contribution < -0.4 is 5.32 Å². The number of urea groups is 1. The summed E-state index contributed by atoms with van der Waals surface area (Å²) >= 11 is 12.3. The summed E-state index contributed by atoms with van der Waals surface area (Å²) in [5.41, 5.74) is 3.10. The van der Waals surface area contributed by atoms with Gasteiger partial charge in [0.2, 0.25) is 0 Å². The van der Waals surface area contributed by atoms with Crippen molar-refractivity contribution >= 4 is 40.8 Å². The number of piperidine rings is 1.